The van der Waals surface area contributed by atoms with Gasteiger partial charge in [0.2, 0.25) is 0 Å². The van der Waals surface area contributed by atoms with Gasteiger partial charge in [-0.05, 0) is 30.7 Å². The molecule has 0 aliphatic carbocycles. The van der Waals surface area contributed by atoms with Gasteiger partial charge in [-0.25, -0.2) is 0 Å². The number of ether oxygens (including phenoxy) is 1. The maximum atomic E-state index is 10.7. The zero-order chi connectivity index (χ0) is 13.1. The fourth-order valence-corrected chi connectivity index (χ4v) is 1.79. The summed E-state index contributed by atoms with van der Waals surface area (Å²) in [4.78, 5) is 10.7. The SMILES string of the molecule is Cc1ccc(C=O)cc1Oc1cc(Cl)ccc1Cl. The first-order valence-corrected chi connectivity index (χ1v) is 6.04. The molecule has 0 bridgehead atoms. The smallest absolute Gasteiger partial charge is 0.150 e. The van der Waals surface area contributed by atoms with E-state index in [9.17, 15) is 4.79 Å². The largest absolute Gasteiger partial charge is 0.455 e. The summed E-state index contributed by atoms with van der Waals surface area (Å²) in [6.45, 7) is 1.89. The fourth-order valence-electron chi connectivity index (χ4n) is 1.47. The molecular weight excluding hydrogens is 271 g/mol. The highest BCUT2D eigenvalue weighted by molar-refractivity contribution is 6.34. The Morgan fingerprint density at radius 1 is 1.06 bits per heavy atom. The Morgan fingerprint density at radius 2 is 1.83 bits per heavy atom. The first-order valence-electron chi connectivity index (χ1n) is 5.29. The van der Waals surface area contributed by atoms with Gasteiger partial charge in [0.1, 0.15) is 17.8 Å². The van der Waals surface area contributed by atoms with Crippen molar-refractivity contribution in [1.82, 2.24) is 0 Å². The molecule has 0 aliphatic heterocycles. The predicted octanol–water partition coefficient (Wildman–Crippen LogP) is 4.91. The first-order chi connectivity index (χ1) is 8.60. The van der Waals surface area contributed by atoms with Crippen molar-refractivity contribution in [3.63, 3.8) is 0 Å². The molecule has 0 radical (unpaired) electrons. The highest BCUT2D eigenvalue weighted by Gasteiger charge is 2.07. The topological polar surface area (TPSA) is 26.3 Å². The van der Waals surface area contributed by atoms with E-state index in [2.05, 4.69) is 0 Å². The summed E-state index contributed by atoms with van der Waals surface area (Å²) in [6.07, 6.45) is 0.770. The van der Waals surface area contributed by atoms with Crippen molar-refractivity contribution in [3.05, 3.63) is 57.6 Å². The standard InChI is InChI=1S/C14H10Cl2O2/c1-9-2-3-10(8-17)6-13(9)18-14-7-11(15)4-5-12(14)16/h2-8H,1H3. The predicted molar refractivity (Wildman–Crippen MR) is 73.1 cm³/mol. The molecule has 92 valence electrons. The first kappa shape index (κ1) is 12.9. The van der Waals surface area contributed by atoms with Crippen LogP contribution in [0.3, 0.4) is 0 Å². The van der Waals surface area contributed by atoms with Crippen LogP contribution in [0.15, 0.2) is 36.4 Å². The lowest BCUT2D eigenvalue weighted by molar-refractivity contribution is 0.112. The van der Waals surface area contributed by atoms with Gasteiger partial charge in [0.25, 0.3) is 0 Å². The molecule has 0 aromatic heterocycles. The number of benzene rings is 2. The molecule has 0 saturated carbocycles. The Kier molecular flexibility index (Phi) is 3.90. The van der Waals surface area contributed by atoms with Crippen molar-refractivity contribution in [2.24, 2.45) is 0 Å². The third kappa shape index (κ3) is 2.84. The summed E-state index contributed by atoms with van der Waals surface area (Å²) in [6, 6.07) is 10.2. The number of hydrogen-bond donors (Lipinski definition) is 0. The van der Waals surface area contributed by atoms with E-state index in [1.165, 1.54) is 0 Å². The van der Waals surface area contributed by atoms with Crippen molar-refractivity contribution < 1.29 is 9.53 Å². The van der Waals surface area contributed by atoms with E-state index in [0.717, 1.165) is 11.8 Å². The van der Waals surface area contributed by atoms with Crippen molar-refractivity contribution in [1.29, 1.82) is 0 Å². The van der Waals surface area contributed by atoms with Crippen LogP contribution in [-0.2, 0) is 0 Å². The van der Waals surface area contributed by atoms with Crippen LogP contribution >= 0.6 is 23.2 Å². The summed E-state index contributed by atoms with van der Waals surface area (Å²) < 4.78 is 5.69. The van der Waals surface area contributed by atoms with Gasteiger partial charge in [0, 0.05) is 16.7 Å². The maximum absolute atomic E-state index is 10.7. The van der Waals surface area contributed by atoms with E-state index in [-0.39, 0.29) is 0 Å². The highest BCUT2D eigenvalue weighted by atomic mass is 35.5. The highest BCUT2D eigenvalue weighted by Crippen LogP contribution is 2.33. The van der Waals surface area contributed by atoms with Gasteiger partial charge in [-0.2, -0.15) is 0 Å². The van der Waals surface area contributed by atoms with Crippen molar-refractivity contribution in [2.45, 2.75) is 6.92 Å². The summed E-state index contributed by atoms with van der Waals surface area (Å²) in [5.41, 5.74) is 1.46. The second-order valence-electron chi connectivity index (χ2n) is 3.82. The number of halogens is 2. The minimum Gasteiger partial charge on any atom is -0.455 e. The zero-order valence-electron chi connectivity index (χ0n) is 9.61. The second-order valence-corrected chi connectivity index (χ2v) is 4.66. The Balaban J connectivity index is 2.38. The third-order valence-corrected chi connectivity index (χ3v) is 3.01. The van der Waals surface area contributed by atoms with Crippen LogP contribution in [0.2, 0.25) is 10.0 Å². The van der Waals surface area contributed by atoms with Crippen LogP contribution in [0.1, 0.15) is 15.9 Å². The molecule has 0 heterocycles. The quantitative estimate of drug-likeness (QED) is 0.747. The van der Waals surface area contributed by atoms with E-state index < -0.39 is 0 Å². The number of hydrogen-bond acceptors (Lipinski definition) is 2. The molecule has 4 heteroatoms. The lowest BCUT2D eigenvalue weighted by Crippen LogP contribution is -1.90. The lowest BCUT2D eigenvalue weighted by atomic mass is 10.1. The second kappa shape index (κ2) is 5.42. The Bertz CT molecular complexity index is 594. The van der Waals surface area contributed by atoms with Gasteiger partial charge in [0.15, 0.2) is 0 Å². The monoisotopic (exact) mass is 280 g/mol. The molecule has 0 N–H and O–H groups in total. The molecule has 2 rings (SSSR count). The zero-order valence-corrected chi connectivity index (χ0v) is 11.1. The lowest BCUT2D eigenvalue weighted by Gasteiger charge is -2.10. The van der Waals surface area contributed by atoms with Crippen molar-refractivity contribution in [3.8, 4) is 11.5 Å². The van der Waals surface area contributed by atoms with Gasteiger partial charge in [-0.3, -0.25) is 4.79 Å². The van der Waals surface area contributed by atoms with E-state index >= 15 is 0 Å². The van der Waals surface area contributed by atoms with E-state index in [1.807, 2.05) is 13.0 Å². The van der Waals surface area contributed by atoms with Crippen LogP contribution < -0.4 is 4.74 Å². The van der Waals surface area contributed by atoms with Gasteiger partial charge < -0.3 is 4.74 Å². The van der Waals surface area contributed by atoms with Crippen LogP contribution in [0.25, 0.3) is 0 Å². The molecule has 0 fully saturated rings. The average Bonchev–Trinajstić information content (AvgIpc) is 2.36. The molecule has 0 amide bonds. The number of carbonyl (C=O) groups is 1. The number of rotatable bonds is 3. The molecule has 0 atom stereocenters. The van der Waals surface area contributed by atoms with Crippen LogP contribution in [0.4, 0.5) is 0 Å². The van der Waals surface area contributed by atoms with Gasteiger partial charge in [0.05, 0.1) is 5.02 Å². The van der Waals surface area contributed by atoms with E-state index in [1.54, 1.807) is 30.3 Å². The molecule has 2 nitrogen and oxygen atoms in total. The molecule has 0 spiro atoms. The Morgan fingerprint density at radius 3 is 2.56 bits per heavy atom. The summed E-state index contributed by atoms with van der Waals surface area (Å²) in [5, 5.41) is 1.01. The molecule has 2 aromatic carbocycles. The number of aldehydes is 1. The van der Waals surface area contributed by atoms with Gasteiger partial charge in [-0.1, -0.05) is 35.3 Å². The molecule has 0 unspecified atom stereocenters. The third-order valence-electron chi connectivity index (χ3n) is 2.46. The fraction of sp³-hybridized carbons (Fsp3) is 0.0714. The van der Waals surface area contributed by atoms with Crippen LogP contribution in [0, 0.1) is 6.92 Å². The van der Waals surface area contributed by atoms with Gasteiger partial charge in [-0.15, -0.1) is 0 Å². The molecular formula is C14H10Cl2O2. The molecule has 0 saturated heterocycles. The van der Waals surface area contributed by atoms with Crippen molar-refractivity contribution in [2.75, 3.05) is 0 Å². The number of carbonyl (C=O) groups excluding carboxylic acids is 1. The van der Waals surface area contributed by atoms with Gasteiger partial charge >= 0.3 is 0 Å². The molecule has 18 heavy (non-hydrogen) atoms. The Hall–Kier alpha value is -1.51. The van der Waals surface area contributed by atoms with Crippen LogP contribution in [-0.4, -0.2) is 6.29 Å². The number of aryl methyl sites for hydroxylation is 1. The minimum absolute atomic E-state index is 0.468. The molecule has 0 aliphatic rings. The normalized spacial score (nSPS) is 10.2. The summed E-state index contributed by atoms with van der Waals surface area (Å²) in [5.74, 6) is 1.05. The summed E-state index contributed by atoms with van der Waals surface area (Å²) >= 11 is 11.9. The minimum atomic E-state index is 0.468. The van der Waals surface area contributed by atoms with E-state index in [4.69, 9.17) is 27.9 Å². The Labute approximate surface area is 115 Å². The van der Waals surface area contributed by atoms with Crippen molar-refractivity contribution >= 4 is 29.5 Å². The van der Waals surface area contributed by atoms with E-state index in [0.29, 0.717) is 27.1 Å². The summed E-state index contributed by atoms with van der Waals surface area (Å²) in [7, 11) is 0. The maximum Gasteiger partial charge on any atom is 0.150 e. The average molecular weight is 281 g/mol. The van der Waals surface area contributed by atoms with Crippen LogP contribution in [0.5, 0.6) is 11.5 Å². The molecule has 2 aromatic rings.